The predicted molar refractivity (Wildman–Crippen MR) is 161 cm³/mol. The number of rotatable bonds is 8. The number of anilines is 1. The van der Waals surface area contributed by atoms with Crippen molar-refractivity contribution in [2.45, 2.75) is 38.0 Å². The van der Waals surface area contributed by atoms with E-state index in [0.717, 1.165) is 30.2 Å². The number of nitrogens with one attached hydrogen (secondary N) is 1. The molecule has 1 aliphatic carbocycles. The van der Waals surface area contributed by atoms with E-state index in [1.54, 1.807) is 30.3 Å². The van der Waals surface area contributed by atoms with E-state index in [9.17, 15) is 9.59 Å². The van der Waals surface area contributed by atoms with Gasteiger partial charge in [-0.25, -0.2) is 4.98 Å². The Balaban J connectivity index is 1.51. The molecule has 1 N–H and O–H groups in total. The van der Waals surface area contributed by atoms with Crippen molar-refractivity contribution in [3.63, 3.8) is 0 Å². The van der Waals surface area contributed by atoms with E-state index in [1.807, 2.05) is 30.3 Å². The van der Waals surface area contributed by atoms with E-state index in [1.165, 1.54) is 24.4 Å². The molecule has 1 aliphatic rings. The molecule has 1 aromatic heterocycles. The third-order valence-electron chi connectivity index (χ3n) is 6.79. The molecule has 0 unspecified atom stereocenters. The lowest BCUT2D eigenvalue weighted by Gasteiger charge is -2.23. The van der Waals surface area contributed by atoms with Crippen molar-refractivity contribution in [2.75, 3.05) is 19.0 Å². The fourth-order valence-corrected chi connectivity index (χ4v) is 5.45. The Labute approximate surface area is 245 Å². The highest BCUT2D eigenvalue weighted by Crippen LogP contribution is 2.35. The Hall–Kier alpha value is -3.69. The van der Waals surface area contributed by atoms with Crippen LogP contribution in [0.4, 0.5) is 5.69 Å². The van der Waals surface area contributed by atoms with Crippen LogP contribution < -0.4 is 20.3 Å². The van der Waals surface area contributed by atoms with Gasteiger partial charge in [-0.1, -0.05) is 65.0 Å². The van der Waals surface area contributed by atoms with E-state index >= 15 is 0 Å². The molecule has 0 saturated heterocycles. The Morgan fingerprint density at radius 1 is 1.15 bits per heavy atom. The maximum atomic E-state index is 13.7. The lowest BCUT2D eigenvalue weighted by Crippen LogP contribution is -2.25. The van der Waals surface area contributed by atoms with Crippen LogP contribution in [0.1, 0.15) is 49.4 Å². The molecule has 0 radical (unpaired) electrons. The number of benzene rings is 3. The molecule has 4 aromatic rings. The monoisotopic (exact) mass is 622 g/mol. The van der Waals surface area contributed by atoms with E-state index in [2.05, 4.69) is 26.3 Å². The normalized spacial score (nSPS) is 14.0. The zero-order chi connectivity index (χ0) is 28.1. The first-order valence-electron chi connectivity index (χ1n) is 13.0. The van der Waals surface area contributed by atoms with E-state index in [0.29, 0.717) is 38.8 Å². The number of amides is 1. The highest BCUT2D eigenvalue weighted by atomic mass is 79.9. The summed E-state index contributed by atoms with van der Waals surface area (Å²) in [6, 6.07) is 17.8. The molecule has 3 aromatic carbocycles. The van der Waals surface area contributed by atoms with Gasteiger partial charge in [0.1, 0.15) is 5.82 Å². The molecular weight excluding hydrogens is 596 g/mol. The van der Waals surface area contributed by atoms with Gasteiger partial charge in [-0.15, -0.1) is 0 Å². The van der Waals surface area contributed by atoms with Gasteiger partial charge in [0.15, 0.2) is 18.1 Å². The summed E-state index contributed by atoms with van der Waals surface area (Å²) in [5.74, 6) is 1.03. The summed E-state index contributed by atoms with van der Waals surface area (Å²) in [5.41, 5.74) is 1.48. The minimum Gasteiger partial charge on any atom is -0.493 e. The molecule has 0 atom stereocenters. The number of para-hydroxylation sites is 1. The van der Waals surface area contributed by atoms with Crippen LogP contribution in [0.15, 0.2) is 75.0 Å². The van der Waals surface area contributed by atoms with Gasteiger partial charge in [0.25, 0.3) is 11.5 Å². The minimum atomic E-state index is -0.341. The van der Waals surface area contributed by atoms with Crippen molar-refractivity contribution >= 4 is 56.2 Å². The summed E-state index contributed by atoms with van der Waals surface area (Å²) in [5, 5.41) is 8.25. The molecular formula is C30H28BrClN4O4. The topological polar surface area (TPSA) is 94.8 Å². The largest absolute Gasteiger partial charge is 0.493 e. The van der Waals surface area contributed by atoms with Crippen LogP contribution >= 0.6 is 27.5 Å². The van der Waals surface area contributed by atoms with Gasteiger partial charge in [0, 0.05) is 32.7 Å². The molecule has 8 nitrogen and oxygen atoms in total. The van der Waals surface area contributed by atoms with E-state index in [4.69, 9.17) is 26.1 Å². The fourth-order valence-electron chi connectivity index (χ4n) is 4.87. The molecule has 1 heterocycles. The molecule has 1 amide bonds. The van der Waals surface area contributed by atoms with Gasteiger partial charge in [-0.2, -0.15) is 9.78 Å². The SMILES string of the molecule is COc1cc(Cl)cc(C=Nn2c(C3CCCCC3)nc3ccc(Br)cc3c2=O)c1OCC(=O)Nc1ccccc1. The van der Waals surface area contributed by atoms with Crippen LogP contribution in [-0.2, 0) is 4.79 Å². The van der Waals surface area contributed by atoms with Crippen LogP contribution in [0, 0.1) is 0 Å². The molecule has 0 spiro atoms. The van der Waals surface area contributed by atoms with Gasteiger partial charge in [-0.3, -0.25) is 9.59 Å². The Morgan fingerprint density at radius 3 is 2.67 bits per heavy atom. The summed E-state index contributed by atoms with van der Waals surface area (Å²) in [4.78, 5) is 31.1. The zero-order valence-corrected chi connectivity index (χ0v) is 24.2. The first-order chi connectivity index (χ1) is 19.4. The number of carbonyl (C=O) groups is 1. The summed E-state index contributed by atoms with van der Waals surface area (Å²) < 4.78 is 13.6. The highest BCUT2D eigenvalue weighted by molar-refractivity contribution is 9.10. The predicted octanol–water partition coefficient (Wildman–Crippen LogP) is 6.77. The Morgan fingerprint density at radius 2 is 1.93 bits per heavy atom. The lowest BCUT2D eigenvalue weighted by molar-refractivity contribution is -0.118. The van der Waals surface area contributed by atoms with Gasteiger partial charge in [0.05, 0.1) is 24.2 Å². The number of ether oxygens (including phenoxy) is 2. The number of nitrogens with zero attached hydrogens (tertiary/aromatic N) is 3. The standard InChI is InChI=1S/C30H28BrClN4O4/c1-39-26-16-22(32)14-20(28(26)40-18-27(37)34-23-10-6-3-7-11-23)17-33-36-29(19-8-4-2-5-9-19)35-25-13-12-21(31)15-24(25)30(36)38/h3,6-7,10-17,19H,2,4-5,8-9,18H2,1H3,(H,34,37). The van der Waals surface area contributed by atoms with Crippen molar-refractivity contribution < 1.29 is 14.3 Å². The van der Waals surface area contributed by atoms with Crippen LogP contribution in [-0.4, -0.2) is 35.5 Å². The molecule has 0 bridgehead atoms. The van der Waals surface area contributed by atoms with E-state index < -0.39 is 0 Å². The van der Waals surface area contributed by atoms with Crippen molar-refractivity contribution in [1.29, 1.82) is 0 Å². The van der Waals surface area contributed by atoms with Crippen molar-refractivity contribution in [1.82, 2.24) is 9.66 Å². The molecule has 206 valence electrons. The number of halogens is 2. The zero-order valence-electron chi connectivity index (χ0n) is 21.9. The summed E-state index contributed by atoms with van der Waals surface area (Å²) >= 11 is 9.82. The third kappa shape index (κ3) is 6.37. The smallest absolute Gasteiger partial charge is 0.282 e. The van der Waals surface area contributed by atoms with Gasteiger partial charge in [-0.05, 0) is 49.2 Å². The fraction of sp³-hybridized carbons (Fsp3) is 0.267. The average Bonchev–Trinajstić information content (AvgIpc) is 2.97. The summed E-state index contributed by atoms with van der Waals surface area (Å²) in [6.45, 7) is -0.271. The molecule has 1 saturated carbocycles. The first kappa shape index (κ1) is 27.9. The first-order valence-corrected chi connectivity index (χ1v) is 14.2. The highest BCUT2D eigenvalue weighted by Gasteiger charge is 2.23. The Kier molecular flexibility index (Phi) is 8.81. The molecule has 1 fully saturated rings. The van der Waals surface area contributed by atoms with Gasteiger partial charge >= 0.3 is 0 Å². The second kappa shape index (κ2) is 12.7. The number of aromatic nitrogens is 2. The molecule has 10 heteroatoms. The van der Waals surface area contributed by atoms with Crippen LogP contribution in [0.2, 0.25) is 5.02 Å². The quantitative estimate of drug-likeness (QED) is 0.219. The average molecular weight is 624 g/mol. The maximum Gasteiger partial charge on any atom is 0.282 e. The van der Waals surface area contributed by atoms with Crippen LogP contribution in [0.25, 0.3) is 10.9 Å². The van der Waals surface area contributed by atoms with Crippen LogP contribution in [0.3, 0.4) is 0 Å². The number of fused-ring (bicyclic) bond motifs is 1. The third-order valence-corrected chi connectivity index (χ3v) is 7.50. The van der Waals surface area contributed by atoms with Crippen molar-refractivity contribution in [3.05, 3.63) is 91.9 Å². The Bertz CT molecular complexity index is 1620. The second-order valence-electron chi connectivity index (χ2n) is 9.56. The summed E-state index contributed by atoms with van der Waals surface area (Å²) in [7, 11) is 1.49. The van der Waals surface area contributed by atoms with Crippen molar-refractivity contribution in [3.8, 4) is 11.5 Å². The van der Waals surface area contributed by atoms with Crippen molar-refractivity contribution in [2.24, 2.45) is 5.10 Å². The minimum absolute atomic E-state index is 0.123. The number of hydrogen-bond acceptors (Lipinski definition) is 6. The number of methoxy groups -OCH3 is 1. The van der Waals surface area contributed by atoms with Gasteiger partial charge in [0.2, 0.25) is 0 Å². The molecule has 5 rings (SSSR count). The summed E-state index contributed by atoms with van der Waals surface area (Å²) in [6.07, 6.45) is 6.72. The number of carbonyl (C=O) groups excluding carboxylic acids is 1. The van der Waals surface area contributed by atoms with E-state index in [-0.39, 0.29) is 29.7 Å². The molecule has 0 aliphatic heterocycles. The maximum absolute atomic E-state index is 13.7. The molecule has 40 heavy (non-hydrogen) atoms. The van der Waals surface area contributed by atoms with Gasteiger partial charge < -0.3 is 14.8 Å². The van der Waals surface area contributed by atoms with Crippen LogP contribution in [0.5, 0.6) is 11.5 Å². The second-order valence-corrected chi connectivity index (χ2v) is 10.9. The number of hydrogen-bond donors (Lipinski definition) is 1. The lowest BCUT2D eigenvalue weighted by atomic mass is 9.88.